The summed E-state index contributed by atoms with van der Waals surface area (Å²) in [6.45, 7) is 6.46. The summed E-state index contributed by atoms with van der Waals surface area (Å²) in [5.41, 5.74) is 5.86. The molecular formula is C10H19N3. The summed E-state index contributed by atoms with van der Waals surface area (Å²) in [5.74, 6) is 1.57. The van der Waals surface area contributed by atoms with E-state index >= 15 is 0 Å². The average molecular weight is 181 g/mol. The van der Waals surface area contributed by atoms with E-state index in [2.05, 4.69) is 23.7 Å². The van der Waals surface area contributed by atoms with Crippen LogP contribution in [0.25, 0.3) is 0 Å². The molecule has 2 N–H and O–H groups in total. The van der Waals surface area contributed by atoms with Gasteiger partial charge < -0.3 is 10.6 Å². The number of rotatable bonds is 3. The summed E-state index contributed by atoms with van der Waals surface area (Å²) in [7, 11) is 0. The van der Waals surface area contributed by atoms with Crippen LogP contribution in [0.3, 0.4) is 0 Å². The molecule has 3 nitrogen and oxygen atoms in total. The van der Waals surface area contributed by atoms with Crippen LogP contribution in [-0.2, 0) is 0 Å². The lowest BCUT2D eigenvalue weighted by Crippen LogP contribution is -2.24. The number of nitrogens with two attached hydrogens (primary N) is 1. The fraction of sp³-hybridized carbons (Fsp3) is 0.700. The summed E-state index contributed by atoms with van der Waals surface area (Å²) in [6, 6.07) is 0. The van der Waals surface area contributed by atoms with Crippen molar-refractivity contribution in [2.45, 2.75) is 26.7 Å². The zero-order chi connectivity index (χ0) is 9.68. The third kappa shape index (κ3) is 3.09. The second kappa shape index (κ2) is 4.90. The molecule has 1 aliphatic rings. The van der Waals surface area contributed by atoms with Crippen molar-refractivity contribution >= 4 is 6.21 Å². The predicted molar refractivity (Wildman–Crippen MR) is 56.4 cm³/mol. The third-order valence-corrected chi connectivity index (χ3v) is 2.28. The first-order valence-corrected chi connectivity index (χ1v) is 4.96. The van der Waals surface area contributed by atoms with Gasteiger partial charge in [-0.1, -0.05) is 13.8 Å². The minimum atomic E-state index is 0.766. The maximum atomic E-state index is 5.86. The van der Waals surface area contributed by atoms with Crippen molar-refractivity contribution in [2.75, 3.05) is 13.1 Å². The summed E-state index contributed by atoms with van der Waals surface area (Å²) >= 11 is 0. The molecule has 13 heavy (non-hydrogen) atoms. The minimum Gasteiger partial charge on any atom is -0.384 e. The van der Waals surface area contributed by atoms with Crippen LogP contribution in [-0.4, -0.2) is 24.2 Å². The summed E-state index contributed by atoms with van der Waals surface area (Å²) in [6.07, 6.45) is 5.82. The molecule has 0 aromatic heterocycles. The first-order valence-electron chi connectivity index (χ1n) is 4.96. The van der Waals surface area contributed by atoms with Crippen molar-refractivity contribution in [3.63, 3.8) is 0 Å². The smallest absolute Gasteiger partial charge is 0.117 e. The molecule has 0 saturated carbocycles. The highest BCUT2D eigenvalue weighted by molar-refractivity contribution is 5.57. The van der Waals surface area contributed by atoms with Crippen LogP contribution < -0.4 is 5.73 Å². The van der Waals surface area contributed by atoms with Gasteiger partial charge in [-0.2, -0.15) is 0 Å². The van der Waals surface area contributed by atoms with Gasteiger partial charge in [-0.25, -0.2) is 0 Å². The maximum absolute atomic E-state index is 5.86. The van der Waals surface area contributed by atoms with E-state index in [0.29, 0.717) is 0 Å². The van der Waals surface area contributed by atoms with Crippen LogP contribution in [0.2, 0.25) is 0 Å². The molecule has 1 saturated heterocycles. The van der Waals surface area contributed by atoms with Gasteiger partial charge in [0.15, 0.2) is 0 Å². The zero-order valence-electron chi connectivity index (χ0n) is 8.53. The van der Waals surface area contributed by atoms with E-state index in [1.807, 2.05) is 6.21 Å². The van der Waals surface area contributed by atoms with E-state index in [-0.39, 0.29) is 0 Å². The Morgan fingerprint density at radius 1 is 1.69 bits per heavy atom. The lowest BCUT2D eigenvalue weighted by molar-refractivity contribution is 0.404. The van der Waals surface area contributed by atoms with Crippen LogP contribution >= 0.6 is 0 Å². The van der Waals surface area contributed by atoms with Crippen molar-refractivity contribution in [2.24, 2.45) is 16.6 Å². The van der Waals surface area contributed by atoms with E-state index in [0.717, 1.165) is 31.2 Å². The first kappa shape index (κ1) is 10.1. The number of aliphatic imine (C=N–C) groups is 1. The van der Waals surface area contributed by atoms with Gasteiger partial charge >= 0.3 is 0 Å². The lowest BCUT2D eigenvalue weighted by atomic mass is 10.2. The molecule has 0 aromatic rings. The van der Waals surface area contributed by atoms with Gasteiger partial charge in [0.25, 0.3) is 0 Å². The van der Waals surface area contributed by atoms with E-state index < -0.39 is 0 Å². The molecule has 1 heterocycles. The highest BCUT2D eigenvalue weighted by atomic mass is 15.2. The number of hydrogen-bond donors (Lipinski definition) is 1. The fourth-order valence-electron chi connectivity index (χ4n) is 1.49. The molecule has 1 unspecified atom stereocenters. The van der Waals surface area contributed by atoms with Crippen LogP contribution in [0.15, 0.2) is 17.0 Å². The summed E-state index contributed by atoms with van der Waals surface area (Å²) in [5, 5.41) is 0. The standard InChI is InChI=1S/C10H19N3/c1-3-5-12-7-10(11)13-6-4-9(2)8-13/h5,7,9H,3-4,6,8,11H2,1-2H3/b10-7+,12-5?. The Bertz CT molecular complexity index is 208. The Kier molecular flexibility index (Phi) is 3.80. The molecule has 1 atom stereocenters. The second-order valence-electron chi connectivity index (χ2n) is 3.63. The number of hydrogen-bond acceptors (Lipinski definition) is 3. The van der Waals surface area contributed by atoms with E-state index in [1.165, 1.54) is 6.42 Å². The Balaban J connectivity index is 2.42. The number of likely N-dealkylation sites (tertiary alicyclic amines) is 1. The van der Waals surface area contributed by atoms with E-state index in [1.54, 1.807) is 6.20 Å². The summed E-state index contributed by atoms with van der Waals surface area (Å²) in [4.78, 5) is 6.30. The topological polar surface area (TPSA) is 41.6 Å². The van der Waals surface area contributed by atoms with Crippen molar-refractivity contribution < 1.29 is 0 Å². The van der Waals surface area contributed by atoms with Gasteiger partial charge in [0, 0.05) is 19.3 Å². The fourth-order valence-corrected chi connectivity index (χ4v) is 1.49. The second-order valence-corrected chi connectivity index (χ2v) is 3.63. The number of nitrogens with zero attached hydrogens (tertiary/aromatic N) is 2. The molecule has 0 aliphatic carbocycles. The quantitative estimate of drug-likeness (QED) is 0.671. The van der Waals surface area contributed by atoms with Gasteiger partial charge in [-0.15, -0.1) is 0 Å². The Hall–Kier alpha value is -0.990. The lowest BCUT2D eigenvalue weighted by Gasteiger charge is -2.16. The van der Waals surface area contributed by atoms with Gasteiger partial charge in [0.05, 0.1) is 6.20 Å². The molecule has 0 radical (unpaired) electrons. The summed E-state index contributed by atoms with van der Waals surface area (Å²) < 4.78 is 0. The van der Waals surface area contributed by atoms with Crippen LogP contribution in [0, 0.1) is 5.92 Å². The van der Waals surface area contributed by atoms with Gasteiger partial charge in [-0.05, 0) is 18.8 Å². The van der Waals surface area contributed by atoms with Gasteiger partial charge in [0.2, 0.25) is 0 Å². The minimum absolute atomic E-state index is 0.766. The predicted octanol–water partition coefficient (Wildman–Crippen LogP) is 1.57. The third-order valence-electron chi connectivity index (χ3n) is 2.28. The first-order chi connectivity index (χ1) is 6.24. The monoisotopic (exact) mass is 181 g/mol. The molecule has 1 rings (SSSR count). The SMILES string of the molecule is CCC=N/C=C(\N)N1CCC(C)C1. The van der Waals surface area contributed by atoms with Crippen molar-refractivity contribution in [3.05, 3.63) is 12.0 Å². The molecule has 0 amide bonds. The molecule has 74 valence electrons. The Morgan fingerprint density at radius 2 is 2.46 bits per heavy atom. The van der Waals surface area contributed by atoms with E-state index in [4.69, 9.17) is 5.73 Å². The van der Waals surface area contributed by atoms with Crippen LogP contribution in [0.5, 0.6) is 0 Å². The van der Waals surface area contributed by atoms with Gasteiger partial charge in [-0.3, -0.25) is 4.99 Å². The van der Waals surface area contributed by atoms with Crippen LogP contribution in [0.1, 0.15) is 26.7 Å². The zero-order valence-corrected chi connectivity index (χ0v) is 8.53. The average Bonchev–Trinajstić information content (AvgIpc) is 2.52. The molecule has 3 heteroatoms. The normalized spacial score (nSPS) is 24.6. The molecular weight excluding hydrogens is 162 g/mol. The molecule has 0 bridgehead atoms. The molecule has 1 fully saturated rings. The Labute approximate surface area is 80.3 Å². The molecule has 1 aliphatic heterocycles. The van der Waals surface area contributed by atoms with Gasteiger partial charge in [0.1, 0.15) is 5.82 Å². The van der Waals surface area contributed by atoms with Crippen molar-refractivity contribution in [1.82, 2.24) is 4.90 Å². The highest BCUT2D eigenvalue weighted by Gasteiger charge is 2.18. The largest absolute Gasteiger partial charge is 0.384 e. The Morgan fingerprint density at radius 3 is 3.00 bits per heavy atom. The maximum Gasteiger partial charge on any atom is 0.117 e. The molecule has 0 aromatic carbocycles. The van der Waals surface area contributed by atoms with Crippen LogP contribution in [0.4, 0.5) is 0 Å². The molecule has 0 spiro atoms. The van der Waals surface area contributed by atoms with E-state index in [9.17, 15) is 0 Å². The van der Waals surface area contributed by atoms with Crippen molar-refractivity contribution in [3.8, 4) is 0 Å². The highest BCUT2D eigenvalue weighted by Crippen LogP contribution is 2.17. The van der Waals surface area contributed by atoms with Crippen molar-refractivity contribution in [1.29, 1.82) is 0 Å².